The van der Waals surface area contributed by atoms with Gasteiger partial charge in [0, 0.05) is 13.7 Å². The Balaban J connectivity index is 2.20. The van der Waals surface area contributed by atoms with Gasteiger partial charge in [0.1, 0.15) is 12.4 Å². The van der Waals surface area contributed by atoms with E-state index in [1.54, 1.807) is 13.2 Å². The molecule has 0 aromatic heterocycles. The first-order chi connectivity index (χ1) is 9.13. The van der Waals surface area contributed by atoms with Crippen LogP contribution in [0, 0.1) is 12.7 Å². The van der Waals surface area contributed by atoms with Crippen LogP contribution in [0.5, 0.6) is 0 Å². The van der Waals surface area contributed by atoms with Gasteiger partial charge in [0.25, 0.3) is 0 Å². The second-order valence-electron chi connectivity index (χ2n) is 4.22. The van der Waals surface area contributed by atoms with Crippen molar-refractivity contribution in [2.75, 3.05) is 33.5 Å². The summed E-state index contributed by atoms with van der Waals surface area (Å²) in [5.41, 5.74) is 1.92. The molecule has 19 heavy (non-hydrogen) atoms. The summed E-state index contributed by atoms with van der Waals surface area (Å²) in [6.45, 7) is 3.28. The monoisotopic (exact) mass is 269 g/mol. The van der Waals surface area contributed by atoms with Gasteiger partial charge in [0.15, 0.2) is 0 Å². The number of rotatable bonds is 8. The number of nitrogens with one attached hydrogen (secondary N) is 1. The molecule has 0 atom stereocenters. The fourth-order valence-electron chi connectivity index (χ4n) is 1.63. The van der Waals surface area contributed by atoms with E-state index in [0.29, 0.717) is 26.2 Å². The van der Waals surface area contributed by atoms with E-state index in [0.717, 1.165) is 11.1 Å². The first-order valence-electron chi connectivity index (χ1n) is 6.22. The first-order valence-corrected chi connectivity index (χ1v) is 6.22. The molecule has 1 aromatic rings. The summed E-state index contributed by atoms with van der Waals surface area (Å²) >= 11 is 0. The molecular formula is C14H20FNO3. The minimum absolute atomic E-state index is 0.0335. The first kappa shape index (κ1) is 15.6. The number of halogens is 1. The molecular weight excluding hydrogens is 249 g/mol. The Labute approximate surface area is 112 Å². The molecule has 1 aromatic carbocycles. The fourth-order valence-corrected chi connectivity index (χ4v) is 1.63. The molecule has 0 saturated heterocycles. The molecule has 1 amide bonds. The predicted molar refractivity (Wildman–Crippen MR) is 70.5 cm³/mol. The molecule has 5 heteroatoms. The number of hydrogen-bond donors (Lipinski definition) is 1. The predicted octanol–water partition coefficient (Wildman–Crippen LogP) is 1.46. The second-order valence-corrected chi connectivity index (χ2v) is 4.22. The van der Waals surface area contributed by atoms with E-state index in [9.17, 15) is 9.18 Å². The Kier molecular flexibility index (Phi) is 7.07. The molecule has 0 spiro atoms. The van der Waals surface area contributed by atoms with Crippen molar-refractivity contribution >= 4 is 5.91 Å². The van der Waals surface area contributed by atoms with Crippen LogP contribution in [-0.2, 0) is 20.7 Å². The van der Waals surface area contributed by atoms with Gasteiger partial charge in [-0.2, -0.15) is 0 Å². The van der Waals surface area contributed by atoms with Gasteiger partial charge in [0.2, 0.25) is 5.91 Å². The minimum atomic E-state index is -0.239. The highest BCUT2D eigenvalue weighted by molar-refractivity contribution is 5.77. The summed E-state index contributed by atoms with van der Waals surface area (Å²) in [5, 5.41) is 2.75. The van der Waals surface area contributed by atoms with Gasteiger partial charge < -0.3 is 14.8 Å². The number of carbonyl (C=O) groups is 1. The summed E-state index contributed by atoms with van der Waals surface area (Å²) in [4.78, 5) is 11.4. The van der Waals surface area contributed by atoms with Crippen molar-refractivity contribution in [3.8, 4) is 0 Å². The van der Waals surface area contributed by atoms with E-state index in [1.165, 1.54) is 12.1 Å². The van der Waals surface area contributed by atoms with E-state index < -0.39 is 0 Å². The summed E-state index contributed by atoms with van der Waals surface area (Å²) in [6.07, 6.45) is 0.677. The molecule has 0 saturated carbocycles. The number of aryl methyl sites for hydroxylation is 1. The van der Waals surface area contributed by atoms with Crippen LogP contribution < -0.4 is 5.32 Å². The van der Waals surface area contributed by atoms with Crippen LogP contribution in [0.4, 0.5) is 4.39 Å². The molecule has 4 nitrogen and oxygen atoms in total. The van der Waals surface area contributed by atoms with Crippen LogP contribution in [0.15, 0.2) is 18.2 Å². The largest absolute Gasteiger partial charge is 0.382 e. The zero-order chi connectivity index (χ0) is 14.1. The molecule has 0 heterocycles. The molecule has 0 unspecified atom stereocenters. The standard InChI is InChI=1S/C14H20FNO3/c1-11-9-13(15)4-3-12(11)5-6-16-14(17)10-19-8-7-18-2/h3-4,9H,5-8,10H2,1-2H3,(H,16,17). The van der Waals surface area contributed by atoms with E-state index >= 15 is 0 Å². The third kappa shape index (κ3) is 6.31. The maximum absolute atomic E-state index is 12.9. The molecule has 0 aliphatic heterocycles. The summed E-state index contributed by atoms with van der Waals surface area (Å²) in [7, 11) is 1.58. The molecule has 0 radical (unpaired) electrons. The van der Waals surface area contributed by atoms with Gasteiger partial charge in [-0.05, 0) is 36.6 Å². The highest BCUT2D eigenvalue weighted by Crippen LogP contribution is 2.10. The van der Waals surface area contributed by atoms with E-state index in [-0.39, 0.29) is 18.3 Å². The fraction of sp³-hybridized carbons (Fsp3) is 0.500. The van der Waals surface area contributed by atoms with Gasteiger partial charge in [0.05, 0.1) is 13.2 Å². The van der Waals surface area contributed by atoms with Crippen molar-refractivity contribution in [2.24, 2.45) is 0 Å². The van der Waals surface area contributed by atoms with Crippen molar-refractivity contribution in [3.63, 3.8) is 0 Å². The number of amides is 1. The smallest absolute Gasteiger partial charge is 0.246 e. The van der Waals surface area contributed by atoms with E-state index in [4.69, 9.17) is 9.47 Å². The Hall–Kier alpha value is -1.46. The maximum atomic E-state index is 12.9. The lowest BCUT2D eigenvalue weighted by molar-refractivity contribution is -0.126. The van der Waals surface area contributed by atoms with Crippen molar-refractivity contribution < 1.29 is 18.7 Å². The lowest BCUT2D eigenvalue weighted by atomic mass is 10.1. The Morgan fingerprint density at radius 1 is 1.37 bits per heavy atom. The molecule has 0 bridgehead atoms. The molecule has 1 rings (SSSR count). The molecule has 0 fully saturated rings. The van der Waals surface area contributed by atoms with E-state index in [2.05, 4.69) is 5.32 Å². The maximum Gasteiger partial charge on any atom is 0.246 e. The van der Waals surface area contributed by atoms with E-state index in [1.807, 2.05) is 6.92 Å². The van der Waals surface area contributed by atoms with Crippen LogP contribution in [0.3, 0.4) is 0 Å². The number of hydrogen-bond acceptors (Lipinski definition) is 3. The number of carbonyl (C=O) groups excluding carboxylic acids is 1. The van der Waals surface area contributed by atoms with Gasteiger partial charge in [-0.1, -0.05) is 6.07 Å². The summed E-state index contributed by atoms with van der Waals surface area (Å²) in [5.74, 6) is -0.396. The second kappa shape index (κ2) is 8.61. The van der Waals surface area contributed by atoms with Crippen LogP contribution in [-0.4, -0.2) is 39.4 Å². The molecule has 1 N–H and O–H groups in total. The summed E-state index contributed by atoms with van der Waals surface area (Å²) < 4.78 is 22.8. The van der Waals surface area contributed by atoms with Crippen LogP contribution in [0.25, 0.3) is 0 Å². The Morgan fingerprint density at radius 2 is 2.16 bits per heavy atom. The average molecular weight is 269 g/mol. The lowest BCUT2D eigenvalue weighted by Gasteiger charge is -2.08. The number of methoxy groups -OCH3 is 1. The van der Waals surface area contributed by atoms with Crippen molar-refractivity contribution in [1.82, 2.24) is 5.32 Å². The molecule has 0 aliphatic rings. The van der Waals surface area contributed by atoms with Crippen LogP contribution >= 0.6 is 0 Å². The lowest BCUT2D eigenvalue weighted by Crippen LogP contribution is -2.30. The zero-order valence-electron chi connectivity index (χ0n) is 11.4. The highest BCUT2D eigenvalue weighted by Gasteiger charge is 2.03. The summed E-state index contributed by atoms with van der Waals surface area (Å²) in [6, 6.07) is 4.66. The van der Waals surface area contributed by atoms with Gasteiger partial charge in [-0.3, -0.25) is 4.79 Å². The van der Waals surface area contributed by atoms with Gasteiger partial charge in [-0.15, -0.1) is 0 Å². The Bertz CT molecular complexity index is 410. The van der Waals surface area contributed by atoms with Gasteiger partial charge >= 0.3 is 0 Å². The number of ether oxygens (including phenoxy) is 2. The average Bonchev–Trinajstić information content (AvgIpc) is 2.37. The third-order valence-corrected chi connectivity index (χ3v) is 2.69. The Morgan fingerprint density at radius 3 is 2.84 bits per heavy atom. The molecule has 0 aliphatic carbocycles. The zero-order valence-corrected chi connectivity index (χ0v) is 11.4. The molecule has 106 valence electrons. The third-order valence-electron chi connectivity index (χ3n) is 2.69. The highest BCUT2D eigenvalue weighted by atomic mass is 19.1. The SMILES string of the molecule is COCCOCC(=O)NCCc1ccc(F)cc1C. The van der Waals surface area contributed by atoms with Gasteiger partial charge in [-0.25, -0.2) is 4.39 Å². The normalized spacial score (nSPS) is 10.5. The van der Waals surface area contributed by atoms with Crippen LogP contribution in [0.2, 0.25) is 0 Å². The van der Waals surface area contributed by atoms with Crippen LogP contribution in [0.1, 0.15) is 11.1 Å². The number of benzene rings is 1. The topological polar surface area (TPSA) is 47.6 Å². The van der Waals surface area contributed by atoms with Crippen molar-refractivity contribution in [3.05, 3.63) is 35.1 Å². The van der Waals surface area contributed by atoms with Crippen molar-refractivity contribution in [1.29, 1.82) is 0 Å². The minimum Gasteiger partial charge on any atom is -0.382 e. The van der Waals surface area contributed by atoms with Crippen molar-refractivity contribution in [2.45, 2.75) is 13.3 Å². The quantitative estimate of drug-likeness (QED) is 0.727.